The number of alkyl halides is 1. The molecule has 0 aliphatic carbocycles. The van der Waals surface area contributed by atoms with Crippen LogP contribution in [0.15, 0.2) is 93.9 Å². The van der Waals surface area contributed by atoms with Gasteiger partial charge in [-0.25, -0.2) is 0 Å². The zero-order valence-corrected chi connectivity index (χ0v) is 31.1. The zero-order valence-electron chi connectivity index (χ0n) is 23.3. The Morgan fingerprint density at radius 2 is 1.14 bits per heavy atom. The van der Waals surface area contributed by atoms with Crippen LogP contribution >= 0.6 is 94.2 Å². The van der Waals surface area contributed by atoms with Crippen LogP contribution in [-0.2, 0) is 13.1 Å². The van der Waals surface area contributed by atoms with Gasteiger partial charge in [-0.1, -0.05) is 138 Å². The van der Waals surface area contributed by atoms with Crippen LogP contribution in [-0.4, -0.2) is 42.4 Å². The molecule has 0 unspecified atom stereocenters. The number of Topliss-reactive ketones (excluding diaryl/α,β-unsaturated/α-hetero) is 2. The lowest BCUT2D eigenvalue weighted by molar-refractivity contribution is 0.0942. The predicted octanol–water partition coefficient (Wildman–Crippen LogP) is 11.4. The Kier molecular flexibility index (Phi) is 19.9. The average molecular weight is 871 g/mol. The lowest BCUT2D eigenvalue weighted by atomic mass is 10.1. The summed E-state index contributed by atoms with van der Waals surface area (Å²) in [5.41, 5.74) is 3.46. The van der Waals surface area contributed by atoms with E-state index in [0.29, 0.717) is 44.1 Å². The highest BCUT2D eigenvalue weighted by molar-refractivity contribution is 9.10. The topological polar surface area (TPSA) is 49.4 Å². The number of nitrogens with one attached hydrogen (secondary N) is 1. The molecule has 44 heavy (non-hydrogen) atoms. The van der Waals surface area contributed by atoms with E-state index in [1.165, 1.54) is 0 Å². The molecule has 1 N–H and O–H groups in total. The summed E-state index contributed by atoms with van der Waals surface area (Å²) in [6.45, 7) is 1.70. The summed E-state index contributed by atoms with van der Waals surface area (Å²) in [6, 6.07) is 25.6. The largest absolute Gasteiger partial charge is 0.316 e. The summed E-state index contributed by atoms with van der Waals surface area (Å²) < 4.78 is 1.95. The van der Waals surface area contributed by atoms with Crippen LogP contribution in [0.3, 0.4) is 0 Å². The van der Waals surface area contributed by atoms with Gasteiger partial charge in [0.2, 0.25) is 0 Å². The molecule has 0 saturated carbocycles. The van der Waals surface area contributed by atoms with E-state index in [0.717, 1.165) is 32.2 Å². The average Bonchev–Trinajstić information content (AvgIpc) is 2.97. The fraction of sp³-hybridized carbons (Fsp3) is 0.212. The van der Waals surface area contributed by atoms with Crippen LogP contribution in [0.4, 0.5) is 0 Å². The number of hydrogen-bond acceptors (Lipinski definition) is 4. The Bertz CT molecular complexity index is 1490. The minimum atomic E-state index is 0. The van der Waals surface area contributed by atoms with Crippen molar-refractivity contribution < 1.29 is 9.59 Å². The standard InChI is InChI=1S/C16H14BrCl2NO.C8H6Br2O.C8H9Cl2N.CH4/c1-20(9-12-4-7-14(18)8-15(12)19)10-16(21)11-2-5-13(17)6-3-11;9-5-8(11)6-1-3-7(10)4-2-6;1-11-5-6-2-3-7(9)4-8(6)10;/h2-8H,9-10H2,1H3;1-4H,5H2;2-4,11H,5H2,1H3;1H4. The monoisotopic (exact) mass is 866 g/mol. The molecule has 4 nitrogen and oxygen atoms in total. The van der Waals surface area contributed by atoms with Crippen molar-refractivity contribution >= 4 is 106 Å². The number of likely N-dealkylation sites (N-methyl/N-ethyl adjacent to an activating group) is 1. The normalized spacial score (nSPS) is 10.1. The first-order valence-corrected chi connectivity index (χ1v) is 17.0. The minimum Gasteiger partial charge on any atom is -0.316 e. The highest BCUT2D eigenvalue weighted by atomic mass is 79.9. The fourth-order valence-corrected chi connectivity index (χ4v) is 5.33. The first-order chi connectivity index (χ1) is 20.4. The van der Waals surface area contributed by atoms with Crippen molar-refractivity contribution in [2.75, 3.05) is 26.0 Å². The third-order valence-corrected chi connectivity index (χ3v) is 8.45. The van der Waals surface area contributed by atoms with Crippen LogP contribution in [0.25, 0.3) is 0 Å². The maximum absolute atomic E-state index is 12.2. The maximum atomic E-state index is 12.2. The summed E-state index contributed by atoms with van der Waals surface area (Å²) in [5.74, 6) is 0.188. The molecular formula is C33H33Br3Cl4N2O2. The summed E-state index contributed by atoms with van der Waals surface area (Å²) >= 11 is 33.4. The fourth-order valence-electron chi connectivity index (χ4n) is 3.54. The van der Waals surface area contributed by atoms with Gasteiger partial charge in [0.1, 0.15) is 0 Å². The van der Waals surface area contributed by atoms with Crippen LogP contribution in [0.1, 0.15) is 39.3 Å². The third-order valence-electron chi connectivity index (χ3n) is 5.71. The molecule has 0 aliphatic rings. The smallest absolute Gasteiger partial charge is 0.176 e. The van der Waals surface area contributed by atoms with Crippen molar-refractivity contribution in [1.82, 2.24) is 10.2 Å². The third kappa shape index (κ3) is 14.9. The maximum Gasteiger partial charge on any atom is 0.176 e. The molecule has 0 fully saturated rings. The van der Waals surface area contributed by atoms with E-state index in [-0.39, 0.29) is 19.0 Å². The zero-order chi connectivity index (χ0) is 31.9. The summed E-state index contributed by atoms with van der Waals surface area (Å²) in [6.07, 6.45) is 0. The van der Waals surface area contributed by atoms with E-state index >= 15 is 0 Å². The number of nitrogens with zero attached hydrogens (tertiary/aromatic N) is 1. The van der Waals surface area contributed by atoms with Crippen molar-refractivity contribution in [2.24, 2.45) is 0 Å². The van der Waals surface area contributed by atoms with E-state index in [4.69, 9.17) is 46.4 Å². The Morgan fingerprint density at radius 1 is 0.705 bits per heavy atom. The van der Waals surface area contributed by atoms with E-state index in [9.17, 15) is 9.59 Å². The SMILES string of the molecule is C.CN(CC(=O)c1ccc(Br)cc1)Cc1ccc(Cl)cc1Cl.CNCc1ccc(Cl)cc1Cl.O=C(CBr)c1ccc(Br)cc1. The highest BCUT2D eigenvalue weighted by Gasteiger charge is 2.11. The Balaban J connectivity index is 0.000000357. The molecule has 4 aromatic carbocycles. The van der Waals surface area contributed by atoms with Crippen molar-refractivity contribution in [3.8, 4) is 0 Å². The second-order valence-corrected chi connectivity index (χ2v) is 13.2. The van der Waals surface area contributed by atoms with Gasteiger partial charge in [0.15, 0.2) is 11.6 Å². The molecule has 0 atom stereocenters. The van der Waals surface area contributed by atoms with Crippen LogP contribution in [0.2, 0.25) is 20.1 Å². The summed E-state index contributed by atoms with van der Waals surface area (Å²) in [4.78, 5) is 25.2. The molecule has 0 saturated heterocycles. The van der Waals surface area contributed by atoms with E-state index < -0.39 is 0 Å². The van der Waals surface area contributed by atoms with E-state index in [2.05, 4.69) is 53.1 Å². The first kappa shape index (κ1) is 40.8. The number of carbonyl (C=O) groups excluding carboxylic acids is 2. The molecule has 4 aromatic rings. The van der Waals surface area contributed by atoms with E-state index in [1.807, 2.05) is 73.6 Å². The van der Waals surface area contributed by atoms with Gasteiger partial charge in [0.05, 0.1) is 11.9 Å². The van der Waals surface area contributed by atoms with Crippen LogP contribution in [0.5, 0.6) is 0 Å². The van der Waals surface area contributed by atoms with Gasteiger partial charge in [0.25, 0.3) is 0 Å². The van der Waals surface area contributed by atoms with Gasteiger partial charge in [0, 0.05) is 53.3 Å². The van der Waals surface area contributed by atoms with Crippen molar-refractivity contribution in [3.05, 3.63) is 136 Å². The molecule has 4 rings (SSSR count). The van der Waals surface area contributed by atoms with E-state index in [1.54, 1.807) is 30.3 Å². The number of carbonyl (C=O) groups is 2. The predicted molar refractivity (Wildman–Crippen MR) is 199 cm³/mol. The summed E-state index contributed by atoms with van der Waals surface area (Å²) in [5, 5.41) is 6.02. The van der Waals surface area contributed by atoms with Gasteiger partial charge in [-0.3, -0.25) is 14.5 Å². The molecule has 0 bridgehead atoms. The Labute approximate surface area is 305 Å². The quantitative estimate of drug-likeness (QED) is 0.134. The Hall–Kier alpha value is -1.26. The van der Waals surface area contributed by atoms with Gasteiger partial charge >= 0.3 is 0 Å². The molecule has 0 aliphatic heterocycles. The van der Waals surface area contributed by atoms with Gasteiger partial charge in [-0.2, -0.15) is 0 Å². The van der Waals surface area contributed by atoms with Crippen LogP contribution < -0.4 is 5.32 Å². The highest BCUT2D eigenvalue weighted by Crippen LogP contribution is 2.22. The van der Waals surface area contributed by atoms with Crippen molar-refractivity contribution in [1.29, 1.82) is 0 Å². The molecule has 0 radical (unpaired) electrons. The molecular weight excluding hydrogens is 838 g/mol. The number of hydrogen-bond donors (Lipinski definition) is 1. The van der Waals surface area contributed by atoms with Crippen molar-refractivity contribution in [3.63, 3.8) is 0 Å². The molecule has 0 aromatic heterocycles. The number of ketones is 2. The molecule has 0 amide bonds. The summed E-state index contributed by atoms with van der Waals surface area (Å²) in [7, 11) is 3.77. The van der Waals surface area contributed by atoms with Gasteiger partial charge in [-0.05, 0) is 73.8 Å². The minimum absolute atomic E-state index is 0. The molecule has 0 heterocycles. The lowest BCUT2D eigenvalue weighted by Gasteiger charge is -2.17. The lowest BCUT2D eigenvalue weighted by Crippen LogP contribution is -2.25. The second kappa shape index (κ2) is 21.5. The second-order valence-electron chi connectivity index (χ2n) is 9.17. The number of halogens is 7. The number of rotatable bonds is 9. The molecule has 11 heteroatoms. The molecule has 0 spiro atoms. The van der Waals surface area contributed by atoms with Gasteiger partial charge < -0.3 is 5.32 Å². The van der Waals surface area contributed by atoms with Crippen LogP contribution in [0, 0.1) is 0 Å². The van der Waals surface area contributed by atoms with Gasteiger partial charge in [-0.15, -0.1) is 0 Å². The van der Waals surface area contributed by atoms with Crippen molar-refractivity contribution in [2.45, 2.75) is 20.5 Å². The molecule has 236 valence electrons. The Morgan fingerprint density at radius 3 is 1.55 bits per heavy atom. The number of benzene rings is 4. The first-order valence-electron chi connectivity index (χ1n) is 12.8.